The summed E-state index contributed by atoms with van der Waals surface area (Å²) in [5, 5.41) is 4.04. The van der Waals surface area contributed by atoms with Crippen LogP contribution in [0.5, 0.6) is 23.0 Å². The van der Waals surface area contributed by atoms with Gasteiger partial charge in [0.1, 0.15) is 5.75 Å². The summed E-state index contributed by atoms with van der Waals surface area (Å²) < 4.78 is 21.8. The second kappa shape index (κ2) is 15.6. The molecule has 7 nitrogen and oxygen atoms in total. The summed E-state index contributed by atoms with van der Waals surface area (Å²) in [7, 11) is 4.63. The quantitative estimate of drug-likeness (QED) is 0.185. The number of hydrogen-bond donors (Lipinski definition) is 1. The fourth-order valence-corrected chi connectivity index (χ4v) is 3.53. The minimum absolute atomic E-state index is 0.307. The zero-order chi connectivity index (χ0) is 24.6. The first-order valence-corrected chi connectivity index (χ1v) is 12.0. The molecule has 0 saturated heterocycles. The van der Waals surface area contributed by atoms with Crippen LogP contribution in [0.25, 0.3) is 0 Å². The van der Waals surface area contributed by atoms with Crippen molar-refractivity contribution in [3.05, 3.63) is 47.5 Å². The third kappa shape index (κ3) is 8.96. The Balaban J connectivity index is 1.77. The molecule has 0 aliphatic rings. The van der Waals surface area contributed by atoms with Crippen LogP contribution in [0, 0.1) is 0 Å². The minimum Gasteiger partial charge on any atom is -0.494 e. The van der Waals surface area contributed by atoms with E-state index in [0.29, 0.717) is 35.0 Å². The molecule has 7 heteroatoms. The molecule has 0 aliphatic heterocycles. The van der Waals surface area contributed by atoms with Crippen molar-refractivity contribution >= 4 is 12.1 Å². The van der Waals surface area contributed by atoms with E-state index in [2.05, 4.69) is 17.5 Å². The van der Waals surface area contributed by atoms with Crippen LogP contribution in [0.1, 0.15) is 74.2 Å². The van der Waals surface area contributed by atoms with Crippen LogP contribution < -0.4 is 24.4 Å². The number of unbranched alkanes of at least 4 members (excludes halogenated alkanes) is 7. The number of hydrogen-bond acceptors (Lipinski definition) is 6. The van der Waals surface area contributed by atoms with Crippen molar-refractivity contribution in [1.82, 2.24) is 5.43 Å². The van der Waals surface area contributed by atoms with Gasteiger partial charge in [-0.1, -0.05) is 51.9 Å². The maximum absolute atomic E-state index is 12.4. The average Bonchev–Trinajstić information content (AvgIpc) is 2.87. The van der Waals surface area contributed by atoms with Gasteiger partial charge in [-0.05, 0) is 42.8 Å². The van der Waals surface area contributed by atoms with Crippen molar-refractivity contribution in [3.8, 4) is 23.0 Å². The second-order valence-corrected chi connectivity index (χ2v) is 8.01. The average molecular weight is 471 g/mol. The summed E-state index contributed by atoms with van der Waals surface area (Å²) in [6.45, 7) is 2.93. The van der Waals surface area contributed by atoms with E-state index in [-0.39, 0.29) is 5.91 Å². The smallest absolute Gasteiger partial charge is 0.271 e. The monoisotopic (exact) mass is 470 g/mol. The standard InChI is InChI=1S/C27H38N2O5/c1-5-6-7-8-9-10-11-12-17-34-23-15-13-22(14-16-23)27(30)29-28-20-21-18-24(31-2)26(33-4)25(19-21)32-3/h13-16,18-20H,5-12,17H2,1-4H3,(H,29,30)/b28-20-. The highest BCUT2D eigenvalue weighted by Gasteiger charge is 2.12. The second-order valence-electron chi connectivity index (χ2n) is 8.01. The largest absolute Gasteiger partial charge is 0.494 e. The highest BCUT2D eigenvalue weighted by molar-refractivity contribution is 5.95. The molecule has 0 spiro atoms. The van der Waals surface area contributed by atoms with Crippen molar-refractivity contribution in [3.63, 3.8) is 0 Å². The van der Waals surface area contributed by atoms with Gasteiger partial charge < -0.3 is 18.9 Å². The number of nitrogens with zero attached hydrogens (tertiary/aromatic N) is 1. The third-order valence-electron chi connectivity index (χ3n) is 5.45. The molecule has 0 saturated carbocycles. The Bertz CT molecular complexity index is 871. The number of ether oxygens (including phenoxy) is 4. The predicted molar refractivity (Wildman–Crippen MR) is 136 cm³/mol. The van der Waals surface area contributed by atoms with Gasteiger partial charge in [0.05, 0.1) is 34.2 Å². The molecule has 0 radical (unpaired) electrons. The van der Waals surface area contributed by atoms with Crippen molar-refractivity contribution in [2.45, 2.75) is 58.3 Å². The van der Waals surface area contributed by atoms with E-state index in [4.69, 9.17) is 18.9 Å². The van der Waals surface area contributed by atoms with E-state index in [1.165, 1.54) is 51.2 Å². The first-order chi connectivity index (χ1) is 16.6. The molecule has 0 aromatic heterocycles. The summed E-state index contributed by atoms with van der Waals surface area (Å²) >= 11 is 0. The number of hydrazone groups is 1. The predicted octanol–water partition coefficient (Wildman–Crippen LogP) is 6.00. The molecule has 0 heterocycles. The minimum atomic E-state index is -0.307. The van der Waals surface area contributed by atoms with Crippen LogP contribution in [0.3, 0.4) is 0 Å². The number of amides is 1. The van der Waals surface area contributed by atoms with Crippen molar-refractivity contribution in [2.24, 2.45) is 5.10 Å². The van der Waals surface area contributed by atoms with Gasteiger partial charge in [-0.15, -0.1) is 0 Å². The summed E-state index contributed by atoms with van der Waals surface area (Å²) in [6.07, 6.45) is 11.7. The number of nitrogens with one attached hydrogen (secondary N) is 1. The lowest BCUT2D eigenvalue weighted by atomic mass is 10.1. The number of rotatable bonds is 16. The molecule has 1 amide bonds. The first-order valence-electron chi connectivity index (χ1n) is 12.0. The highest BCUT2D eigenvalue weighted by atomic mass is 16.5. The molecule has 0 atom stereocenters. The van der Waals surface area contributed by atoms with E-state index in [1.807, 2.05) is 12.1 Å². The molecular weight excluding hydrogens is 432 g/mol. The fourth-order valence-electron chi connectivity index (χ4n) is 3.53. The third-order valence-corrected chi connectivity index (χ3v) is 5.45. The number of benzene rings is 2. The van der Waals surface area contributed by atoms with Crippen molar-refractivity contribution in [1.29, 1.82) is 0 Å². The topological polar surface area (TPSA) is 78.4 Å². The van der Waals surface area contributed by atoms with Gasteiger partial charge in [-0.3, -0.25) is 4.79 Å². The van der Waals surface area contributed by atoms with Crippen molar-refractivity contribution in [2.75, 3.05) is 27.9 Å². The Morgan fingerprint density at radius 1 is 0.853 bits per heavy atom. The van der Waals surface area contributed by atoms with Gasteiger partial charge >= 0.3 is 0 Å². The molecular formula is C27H38N2O5. The summed E-state index contributed by atoms with van der Waals surface area (Å²) in [4.78, 5) is 12.4. The lowest BCUT2D eigenvalue weighted by molar-refractivity contribution is 0.0955. The molecule has 1 N–H and O–H groups in total. The molecule has 0 aliphatic carbocycles. The van der Waals surface area contributed by atoms with Crippen LogP contribution in [0.15, 0.2) is 41.5 Å². The zero-order valence-electron chi connectivity index (χ0n) is 20.9. The molecule has 2 aromatic carbocycles. The zero-order valence-corrected chi connectivity index (χ0v) is 20.9. The highest BCUT2D eigenvalue weighted by Crippen LogP contribution is 2.37. The van der Waals surface area contributed by atoms with Crippen molar-refractivity contribution < 1.29 is 23.7 Å². The summed E-state index contributed by atoms with van der Waals surface area (Å²) in [6, 6.07) is 10.6. The molecule has 0 fully saturated rings. The van der Waals surface area contributed by atoms with E-state index in [1.54, 1.807) is 45.6 Å². The molecule has 2 rings (SSSR count). The first kappa shape index (κ1) is 27.0. The maximum Gasteiger partial charge on any atom is 0.271 e. The van der Waals surface area contributed by atoms with Crippen LogP contribution in [0.4, 0.5) is 0 Å². The Morgan fingerprint density at radius 3 is 2.00 bits per heavy atom. The van der Waals surface area contributed by atoms with Gasteiger partial charge in [-0.2, -0.15) is 5.10 Å². The maximum atomic E-state index is 12.4. The number of carbonyl (C=O) groups excluding carboxylic acids is 1. The van der Waals surface area contributed by atoms with Gasteiger partial charge in [0.25, 0.3) is 5.91 Å². The van der Waals surface area contributed by atoms with E-state index in [0.717, 1.165) is 12.2 Å². The lowest BCUT2D eigenvalue weighted by Crippen LogP contribution is -2.17. The molecule has 34 heavy (non-hydrogen) atoms. The Kier molecular flexibility index (Phi) is 12.4. The van der Waals surface area contributed by atoms with Crippen LogP contribution >= 0.6 is 0 Å². The van der Waals surface area contributed by atoms with Gasteiger partial charge in [0.15, 0.2) is 11.5 Å². The fraction of sp³-hybridized carbons (Fsp3) is 0.481. The molecule has 186 valence electrons. The van der Waals surface area contributed by atoms with E-state index >= 15 is 0 Å². The van der Waals surface area contributed by atoms with Crippen LogP contribution in [-0.4, -0.2) is 40.1 Å². The Morgan fingerprint density at radius 2 is 1.44 bits per heavy atom. The van der Waals surface area contributed by atoms with Crippen LogP contribution in [-0.2, 0) is 0 Å². The molecule has 0 bridgehead atoms. The summed E-state index contributed by atoms with van der Waals surface area (Å²) in [5.41, 5.74) is 3.73. The SMILES string of the molecule is CCCCCCCCCCOc1ccc(C(=O)N/N=C\c2cc(OC)c(OC)c(OC)c2)cc1. The summed E-state index contributed by atoms with van der Waals surface area (Å²) in [5.74, 6) is 1.98. The Labute approximate surface area is 203 Å². The van der Waals surface area contributed by atoms with Gasteiger partial charge in [0, 0.05) is 11.1 Å². The molecule has 0 unspecified atom stereocenters. The normalized spacial score (nSPS) is 10.8. The molecule has 2 aromatic rings. The lowest BCUT2D eigenvalue weighted by Gasteiger charge is -2.12. The Hall–Kier alpha value is -3.22. The van der Waals surface area contributed by atoms with E-state index < -0.39 is 0 Å². The number of carbonyl (C=O) groups is 1. The van der Waals surface area contributed by atoms with Gasteiger partial charge in [-0.25, -0.2) is 5.43 Å². The number of methoxy groups -OCH3 is 3. The van der Waals surface area contributed by atoms with E-state index in [9.17, 15) is 4.79 Å². The van der Waals surface area contributed by atoms with Gasteiger partial charge in [0.2, 0.25) is 5.75 Å². The van der Waals surface area contributed by atoms with Crippen LogP contribution in [0.2, 0.25) is 0 Å².